The molecule has 2 aromatic heterocycles. The Morgan fingerprint density at radius 3 is 3.07 bits per heavy atom. The van der Waals surface area contributed by atoms with Gasteiger partial charge in [0.15, 0.2) is 0 Å². The summed E-state index contributed by atoms with van der Waals surface area (Å²) >= 11 is 1.43. The van der Waals surface area contributed by atoms with Gasteiger partial charge in [-0.25, -0.2) is 4.98 Å². The fourth-order valence-corrected chi connectivity index (χ4v) is 2.17. The Morgan fingerprint density at radius 1 is 1.67 bits per heavy atom. The number of rotatable bonds is 2. The molecule has 0 fully saturated rings. The average molecular weight is 217 g/mol. The molecule has 0 amide bonds. The minimum atomic E-state index is 0.284. The Morgan fingerprint density at radius 2 is 2.47 bits per heavy atom. The highest BCUT2D eigenvalue weighted by Crippen LogP contribution is 2.23. The highest BCUT2D eigenvalue weighted by molar-refractivity contribution is 7.18. The number of aromatic nitrogens is 1. The Balaban J connectivity index is 2.73. The lowest BCUT2D eigenvalue weighted by molar-refractivity contribution is 0.398. The first-order valence-electron chi connectivity index (χ1n) is 4.14. The van der Waals surface area contributed by atoms with E-state index in [2.05, 4.69) is 4.98 Å². The summed E-state index contributed by atoms with van der Waals surface area (Å²) < 4.78 is 5.84. The standard InChI is InChI=1S/C9H6BN2O2S/c1-14-9-5(3-11)2-7-8(12-9)6(10-13)4-15-7/h2,4,13H,1H3. The van der Waals surface area contributed by atoms with Gasteiger partial charge in [0.05, 0.1) is 17.3 Å². The minimum absolute atomic E-state index is 0.284. The zero-order valence-electron chi connectivity index (χ0n) is 7.89. The van der Waals surface area contributed by atoms with Crippen molar-refractivity contribution in [1.82, 2.24) is 4.98 Å². The van der Waals surface area contributed by atoms with Gasteiger partial charge in [-0.15, -0.1) is 11.3 Å². The van der Waals surface area contributed by atoms with Gasteiger partial charge in [0, 0.05) is 0 Å². The van der Waals surface area contributed by atoms with Crippen LogP contribution in [0, 0.1) is 11.3 Å². The van der Waals surface area contributed by atoms with Crippen LogP contribution in [-0.2, 0) is 0 Å². The number of pyridine rings is 1. The van der Waals surface area contributed by atoms with Crippen LogP contribution in [-0.4, -0.2) is 24.6 Å². The molecule has 0 spiro atoms. The summed E-state index contributed by atoms with van der Waals surface area (Å²) in [5.74, 6) is 0.284. The molecule has 1 N–H and O–H groups in total. The van der Waals surface area contributed by atoms with Gasteiger partial charge < -0.3 is 9.76 Å². The summed E-state index contributed by atoms with van der Waals surface area (Å²) in [7, 11) is 2.46. The normalized spacial score (nSPS) is 9.93. The number of nitriles is 1. The van der Waals surface area contributed by atoms with E-state index >= 15 is 0 Å². The summed E-state index contributed by atoms with van der Waals surface area (Å²) in [6, 6.07) is 3.72. The van der Waals surface area contributed by atoms with Gasteiger partial charge in [-0.3, -0.25) is 0 Å². The zero-order chi connectivity index (χ0) is 10.8. The number of ether oxygens (including phenoxy) is 1. The smallest absolute Gasteiger partial charge is 0.329 e. The number of nitrogens with zero attached hydrogens (tertiary/aromatic N) is 2. The number of hydrogen-bond acceptors (Lipinski definition) is 5. The number of thiophene rings is 1. The molecule has 73 valence electrons. The van der Waals surface area contributed by atoms with Crippen LogP contribution in [0.15, 0.2) is 11.4 Å². The Hall–Kier alpha value is -1.58. The molecule has 0 aliphatic rings. The molecule has 2 aromatic rings. The van der Waals surface area contributed by atoms with E-state index < -0.39 is 0 Å². The first-order valence-corrected chi connectivity index (χ1v) is 5.02. The third-order valence-corrected chi connectivity index (χ3v) is 2.93. The van der Waals surface area contributed by atoms with E-state index in [0.29, 0.717) is 16.5 Å². The van der Waals surface area contributed by atoms with Gasteiger partial charge in [-0.2, -0.15) is 5.26 Å². The first-order chi connectivity index (χ1) is 7.30. The van der Waals surface area contributed by atoms with Crippen LogP contribution in [0.25, 0.3) is 10.2 Å². The van der Waals surface area contributed by atoms with E-state index in [1.165, 1.54) is 18.4 Å². The predicted molar refractivity (Wildman–Crippen MR) is 58.5 cm³/mol. The number of methoxy groups -OCH3 is 1. The molecule has 0 aliphatic heterocycles. The minimum Gasteiger partial charge on any atom is -0.480 e. The van der Waals surface area contributed by atoms with Gasteiger partial charge >= 0.3 is 7.48 Å². The molecule has 0 unspecified atom stereocenters. The Labute approximate surface area is 91.0 Å². The molecule has 4 nitrogen and oxygen atoms in total. The predicted octanol–water partition coefficient (Wildman–Crippen LogP) is 0.413. The molecule has 1 radical (unpaired) electrons. The van der Waals surface area contributed by atoms with Crippen molar-refractivity contribution < 1.29 is 9.76 Å². The largest absolute Gasteiger partial charge is 0.480 e. The van der Waals surface area contributed by atoms with E-state index in [1.807, 2.05) is 6.07 Å². The quantitative estimate of drug-likeness (QED) is 0.740. The molecule has 15 heavy (non-hydrogen) atoms. The highest BCUT2D eigenvalue weighted by atomic mass is 32.1. The molecule has 6 heteroatoms. The topological polar surface area (TPSA) is 66.1 Å². The molecule has 0 saturated carbocycles. The molecule has 0 aromatic carbocycles. The van der Waals surface area contributed by atoms with Crippen LogP contribution in [0.4, 0.5) is 0 Å². The summed E-state index contributed by atoms with van der Waals surface area (Å²) in [6.45, 7) is 0. The lowest BCUT2D eigenvalue weighted by Crippen LogP contribution is -2.12. The second kappa shape index (κ2) is 3.89. The summed E-state index contributed by atoms with van der Waals surface area (Å²) in [5, 5.41) is 19.6. The van der Waals surface area contributed by atoms with Crippen molar-refractivity contribution >= 4 is 34.5 Å². The van der Waals surface area contributed by atoms with Gasteiger partial charge in [0.2, 0.25) is 5.88 Å². The fraction of sp³-hybridized carbons (Fsp3) is 0.111. The van der Waals surface area contributed by atoms with E-state index in [9.17, 15) is 0 Å². The Kier molecular flexibility index (Phi) is 2.58. The van der Waals surface area contributed by atoms with Crippen LogP contribution in [0.3, 0.4) is 0 Å². The van der Waals surface area contributed by atoms with E-state index in [-0.39, 0.29) is 5.88 Å². The van der Waals surface area contributed by atoms with Crippen molar-refractivity contribution in [3.05, 3.63) is 17.0 Å². The van der Waals surface area contributed by atoms with E-state index in [1.54, 1.807) is 11.4 Å². The second-order valence-electron chi connectivity index (χ2n) is 2.82. The van der Waals surface area contributed by atoms with Gasteiger partial charge in [0.25, 0.3) is 0 Å². The van der Waals surface area contributed by atoms with Crippen LogP contribution < -0.4 is 10.2 Å². The second-order valence-corrected chi connectivity index (χ2v) is 3.74. The lowest BCUT2D eigenvalue weighted by atomic mass is 9.91. The number of fused-ring (bicyclic) bond motifs is 1. The molecular formula is C9H6BN2O2S. The van der Waals surface area contributed by atoms with Crippen LogP contribution in [0.1, 0.15) is 5.56 Å². The lowest BCUT2D eigenvalue weighted by Gasteiger charge is -2.01. The maximum Gasteiger partial charge on any atom is 0.329 e. The third-order valence-electron chi connectivity index (χ3n) is 1.99. The van der Waals surface area contributed by atoms with Crippen LogP contribution in [0.5, 0.6) is 5.88 Å². The monoisotopic (exact) mass is 217 g/mol. The van der Waals surface area contributed by atoms with Crippen molar-refractivity contribution in [3.8, 4) is 11.9 Å². The summed E-state index contributed by atoms with van der Waals surface area (Å²) in [5.41, 5.74) is 1.69. The van der Waals surface area contributed by atoms with Crippen molar-refractivity contribution in [2.45, 2.75) is 0 Å². The molecule has 0 bridgehead atoms. The fourth-order valence-electron chi connectivity index (χ4n) is 1.28. The van der Waals surface area contributed by atoms with Crippen LogP contribution in [0.2, 0.25) is 0 Å². The summed E-state index contributed by atoms with van der Waals surface area (Å²) in [4.78, 5) is 4.17. The van der Waals surface area contributed by atoms with Gasteiger partial charge in [0.1, 0.15) is 11.6 Å². The molecule has 2 rings (SSSR count). The SMILES string of the molecule is COc1nc2c([B]O)csc2cc1C#N. The molecule has 0 atom stereocenters. The van der Waals surface area contributed by atoms with Gasteiger partial charge in [-0.1, -0.05) is 0 Å². The van der Waals surface area contributed by atoms with E-state index in [4.69, 9.17) is 15.0 Å². The van der Waals surface area contributed by atoms with E-state index in [0.717, 1.165) is 12.2 Å². The van der Waals surface area contributed by atoms with Crippen molar-refractivity contribution in [2.75, 3.05) is 7.11 Å². The molecular weight excluding hydrogens is 211 g/mol. The third kappa shape index (κ3) is 1.56. The first kappa shape index (κ1) is 9.96. The molecule has 2 heterocycles. The highest BCUT2D eigenvalue weighted by Gasteiger charge is 2.11. The van der Waals surface area contributed by atoms with Crippen LogP contribution >= 0.6 is 11.3 Å². The summed E-state index contributed by atoms with van der Waals surface area (Å²) in [6.07, 6.45) is 0. The number of hydrogen-bond donors (Lipinski definition) is 1. The Bertz CT molecular complexity index is 547. The average Bonchev–Trinajstić information content (AvgIpc) is 2.68. The van der Waals surface area contributed by atoms with Gasteiger partial charge in [-0.05, 0) is 16.9 Å². The van der Waals surface area contributed by atoms with Crippen molar-refractivity contribution in [2.24, 2.45) is 0 Å². The zero-order valence-corrected chi connectivity index (χ0v) is 8.71. The maximum absolute atomic E-state index is 8.95. The molecule has 0 aliphatic carbocycles. The molecule has 0 saturated heterocycles. The van der Waals surface area contributed by atoms with Crippen molar-refractivity contribution in [1.29, 1.82) is 5.26 Å². The van der Waals surface area contributed by atoms with Crippen molar-refractivity contribution in [3.63, 3.8) is 0 Å². The maximum atomic E-state index is 8.95.